The van der Waals surface area contributed by atoms with Crippen LogP contribution in [-0.4, -0.2) is 33.1 Å². The first kappa shape index (κ1) is 32.0. The van der Waals surface area contributed by atoms with Crippen molar-refractivity contribution in [3.8, 4) is 0 Å². The van der Waals surface area contributed by atoms with Crippen LogP contribution in [0, 0.1) is 25.7 Å². The fraction of sp³-hybridized carbons (Fsp3) is 0.306. The first-order valence-electron chi connectivity index (χ1n) is 15.0. The molecule has 0 bridgehead atoms. The summed E-state index contributed by atoms with van der Waals surface area (Å²) in [5, 5.41) is -0.922. The third kappa shape index (κ3) is 6.12. The van der Waals surface area contributed by atoms with E-state index in [4.69, 9.17) is 23.2 Å². The number of aryl methyl sites for hydroxylation is 2. The molecule has 9 heteroatoms. The zero-order chi connectivity index (χ0) is 32.1. The Morgan fingerprint density at radius 3 is 1.58 bits per heavy atom. The van der Waals surface area contributed by atoms with Crippen LogP contribution in [-0.2, 0) is 24.5 Å². The summed E-state index contributed by atoms with van der Waals surface area (Å²) in [6.45, 7) is 3.85. The van der Waals surface area contributed by atoms with Crippen LogP contribution in [0.4, 0.5) is 0 Å². The average Bonchev–Trinajstić information content (AvgIpc) is 3.01. The Morgan fingerprint density at radius 1 is 0.556 bits per heavy atom. The molecule has 234 valence electrons. The number of rotatable bonds is 6. The van der Waals surface area contributed by atoms with E-state index < -0.39 is 53.8 Å². The molecule has 6 unspecified atom stereocenters. The van der Waals surface area contributed by atoms with Gasteiger partial charge in [0.25, 0.3) is 0 Å². The topological polar surface area (TPSA) is 85.3 Å². The zero-order valence-electron chi connectivity index (χ0n) is 24.9. The van der Waals surface area contributed by atoms with E-state index in [1.165, 1.54) is 12.1 Å². The van der Waals surface area contributed by atoms with Gasteiger partial charge >= 0.3 is 0 Å². The standard InChI is InChI=1S/C36H34Cl2O5S2/c1-22-3-7-25(8-4-22)31-20-34(39)32-21-35(44(40,41)28-15-5-23(2)6-16-28)30(24-9-11-26(37)12-10-24)19-33(32)36(31)45(42,43)29-17-13-27(38)14-18-29/h3-18,30-33,35-36H,19-21H2,1-2H3. The highest BCUT2D eigenvalue weighted by Gasteiger charge is 2.56. The maximum Gasteiger partial charge on any atom is 0.182 e. The molecule has 0 aliphatic heterocycles. The monoisotopic (exact) mass is 680 g/mol. The Labute approximate surface area is 275 Å². The Hall–Kier alpha value is -2.97. The molecule has 0 heterocycles. The molecule has 0 radical (unpaired) electrons. The SMILES string of the molecule is Cc1ccc(C2CC(=O)C3CC(S(=O)(=O)c4ccc(C)cc4)C(c4ccc(Cl)cc4)CC3C2S(=O)(=O)c2ccc(Cl)cc2)cc1. The highest BCUT2D eigenvalue weighted by atomic mass is 35.5. The van der Waals surface area contributed by atoms with Gasteiger partial charge < -0.3 is 0 Å². The van der Waals surface area contributed by atoms with Gasteiger partial charge in [0.1, 0.15) is 5.78 Å². The zero-order valence-corrected chi connectivity index (χ0v) is 28.1. The molecule has 45 heavy (non-hydrogen) atoms. The summed E-state index contributed by atoms with van der Waals surface area (Å²) < 4.78 is 57.9. The van der Waals surface area contributed by atoms with Gasteiger partial charge in [0.15, 0.2) is 19.7 Å². The summed E-state index contributed by atoms with van der Waals surface area (Å²) in [6.07, 6.45) is 0.276. The van der Waals surface area contributed by atoms with E-state index in [0.29, 0.717) is 10.0 Å². The molecule has 0 aromatic heterocycles. The number of sulfone groups is 2. The van der Waals surface area contributed by atoms with E-state index in [9.17, 15) is 21.6 Å². The third-order valence-corrected chi connectivity index (χ3v) is 14.8. The minimum absolute atomic E-state index is 0.0185. The van der Waals surface area contributed by atoms with Crippen LogP contribution < -0.4 is 0 Å². The summed E-state index contributed by atoms with van der Waals surface area (Å²) in [5.41, 5.74) is 3.51. The van der Waals surface area contributed by atoms with Crippen molar-refractivity contribution in [2.45, 2.75) is 65.2 Å². The molecule has 6 atom stereocenters. The van der Waals surface area contributed by atoms with E-state index in [1.807, 2.05) is 50.2 Å². The summed E-state index contributed by atoms with van der Waals surface area (Å²) in [5.74, 6) is -2.57. The van der Waals surface area contributed by atoms with Gasteiger partial charge in [0.2, 0.25) is 0 Å². The summed E-state index contributed by atoms with van der Waals surface area (Å²) >= 11 is 12.4. The molecule has 6 rings (SSSR count). The van der Waals surface area contributed by atoms with Crippen LogP contribution in [0.25, 0.3) is 0 Å². The number of benzene rings is 4. The lowest BCUT2D eigenvalue weighted by Gasteiger charge is -2.48. The molecular formula is C36H34Cl2O5S2. The molecule has 2 saturated carbocycles. The number of carbonyl (C=O) groups is 1. The van der Waals surface area contributed by atoms with Crippen LogP contribution in [0.1, 0.15) is 53.4 Å². The Kier molecular flexibility index (Phi) is 8.76. The van der Waals surface area contributed by atoms with Crippen molar-refractivity contribution in [3.05, 3.63) is 129 Å². The molecule has 2 aliphatic rings. The normalized spacial score (nSPS) is 25.5. The van der Waals surface area contributed by atoms with Gasteiger partial charge in [-0.2, -0.15) is 0 Å². The second-order valence-electron chi connectivity index (χ2n) is 12.4. The van der Waals surface area contributed by atoms with Gasteiger partial charge in [-0.05, 0) is 92.3 Å². The molecule has 5 nitrogen and oxygen atoms in total. The number of ketones is 1. The van der Waals surface area contributed by atoms with E-state index in [-0.39, 0.29) is 34.8 Å². The molecule has 4 aromatic carbocycles. The van der Waals surface area contributed by atoms with Crippen molar-refractivity contribution < 1.29 is 21.6 Å². The molecule has 0 spiro atoms. The first-order chi connectivity index (χ1) is 21.4. The van der Waals surface area contributed by atoms with Crippen molar-refractivity contribution in [2.24, 2.45) is 11.8 Å². The van der Waals surface area contributed by atoms with E-state index in [1.54, 1.807) is 48.5 Å². The summed E-state index contributed by atoms with van der Waals surface area (Å²) in [6, 6.07) is 27.6. The maximum absolute atomic E-state index is 14.6. The number of carbonyl (C=O) groups excluding carboxylic acids is 1. The quantitative estimate of drug-likeness (QED) is 0.205. The number of fused-ring (bicyclic) bond motifs is 1. The van der Waals surface area contributed by atoms with E-state index in [2.05, 4.69) is 0 Å². The van der Waals surface area contributed by atoms with Crippen molar-refractivity contribution in [1.82, 2.24) is 0 Å². The molecule has 4 aromatic rings. The Bertz CT molecular complexity index is 1920. The lowest BCUT2D eigenvalue weighted by atomic mass is 9.61. The van der Waals surface area contributed by atoms with Crippen molar-refractivity contribution in [2.75, 3.05) is 0 Å². The smallest absolute Gasteiger partial charge is 0.182 e. The average molecular weight is 682 g/mol. The molecule has 2 aliphatic carbocycles. The number of Topliss-reactive ketones (excluding diaryl/α,β-unsaturated/α-hetero) is 1. The van der Waals surface area contributed by atoms with Gasteiger partial charge in [-0.1, -0.05) is 82.9 Å². The third-order valence-electron chi connectivity index (χ3n) is 9.68. The van der Waals surface area contributed by atoms with Crippen molar-refractivity contribution in [3.63, 3.8) is 0 Å². The summed E-state index contributed by atoms with van der Waals surface area (Å²) in [7, 11) is -7.87. The van der Waals surface area contributed by atoms with Gasteiger partial charge in [-0.15, -0.1) is 0 Å². The van der Waals surface area contributed by atoms with Crippen molar-refractivity contribution in [1.29, 1.82) is 0 Å². The Morgan fingerprint density at radius 2 is 1.00 bits per heavy atom. The second-order valence-corrected chi connectivity index (χ2v) is 17.6. The molecular weight excluding hydrogens is 647 g/mol. The highest BCUT2D eigenvalue weighted by molar-refractivity contribution is 7.92. The minimum atomic E-state index is -3.98. The molecule has 0 saturated heterocycles. The predicted octanol–water partition coefficient (Wildman–Crippen LogP) is 8.16. The predicted molar refractivity (Wildman–Crippen MR) is 179 cm³/mol. The first-order valence-corrected chi connectivity index (χ1v) is 18.9. The number of hydrogen-bond donors (Lipinski definition) is 0. The molecule has 2 fully saturated rings. The van der Waals surface area contributed by atoms with Crippen LogP contribution in [0.15, 0.2) is 107 Å². The fourth-order valence-corrected chi connectivity index (χ4v) is 11.9. The largest absolute Gasteiger partial charge is 0.299 e. The fourth-order valence-electron chi connectivity index (χ4n) is 7.37. The van der Waals surface area contributed by atoms with E-state index >= 15 is 0 Å². The lowest BCUT2D eigenvalue weighted by molar-refractivity contribution is -0.128. The highest BCUT2D eigenvalue weighted by Crippen LogP contribution is 2.54. The number of hydrogen-bond acceptors (Lipinski definition) is 5. The van der Waals surface area contributed by atoms with Gasteiger partial charge in [0.05, 0.1) is 20.3 Å². The van der Waals surface area contributed by atoms with Crippen LogP contribution in [0.3, 0.4) is 0 Å². The van der Waals surface area contributed by atoms with Crippen LogP contribution in [0.2, 0.25) is 10.0 Å². The van der Waals surface area contributed by atoms with Gasteiger partial charge in [-0.3, -0.25) is 4.79 Å². The van der Waals surface area contributed by atoms with Crippen LogP contribution >= 0.6 is 23.2 Å². The second kappa shape index (κ2) is 12.3. The molecule has 0 amide bonds. The summed E-state index contributed by atoms with van der Waals surface area (Å²) in [4.78, 5) is 14.4. The maximum atomic E-state index is 14.6. The van der Waals surface area contributed by atoms with Crippen LogP contribution in [0.5, 0.6) is 0 Å². The number of halogens is 2. The van der Waals surface area contributed by atoms with Gasteiger partial charge in [0, 0.05) is 34.2 Å². The lowest BCUT2D eigenvalue weighted by Crippen LogP contribution is -2.53. The van der Waals surface area contributed by atoms with Gasteiger partial charge in [-0.25, -0.2) is 16.8 Å². The minimum Gasteiger partial charge on any atom is -0.299 e. The molecule has 0 N–H and O–H groups in total. The Balaban J connectivity index is 1.51. The van der Waals surface area contributed by atoms with Crippen molar-refractivity contribution >= 4 is 48.7 Å². The van der Waals surface area contributed by atoms with E-state index in [0.717, 1.165) is 22.3 Å².